The van der Waals surface area contributed by atoms with Crippen molar-refractivity contribution in [1.29, 1.82) is 0 Å². The maximum absolute atomic E-state index is 12.6. The molecule has 2 aromatic carbocycles. The van der Waals surface area contributed by atoms with Gasteiger partial charge in [-0.05, 0) is 59.4 Å². The molecule has 1 aromatic heterocycles. The van der Waals surface area contributed by atoms with Crippen LogP contribution >= 0.6 is 11.6 Å². The maximum atomic E-state index is 12.6. The second-order valence-corrected chi connectivity index (χ2v) is 8.58. The number of carbonyl (C=O) groups is 1. The standard InChI is InChI=1S/C25H24ClN3O2/c26-22-6-7-23-20(12-22)11-21(16-31-23)25(30)28-14-17-5-8-24(27-13-17)29-10-9-18-3-1-2-4-19(18)15-29/h1-8,12-13,21H,9-11,14-16H2,(H,28,30). The summed E-state index contributed by atoms with van der Waals surface area (Å²) in [5, 5.41) is 3.68. The van der Waals surface area contributed by atoms with Gasteiger partial charge in [0.15, 0.2) is 0 Å². The number of nitrogens with one attached hydrogen (secondary N) is 1. The van der Waals surface area contributed by atoms with Crippen LogP contribution in [0.5, 0.6) is 5.75 Å². The summed E-state index contributed by atoms with van der Waals surface area (Å²) in [5.74, 6) is 1.56. The second kappa shape index (κ2) is 8.60. The van der Waals surface area contributed by atoms with Crippen LogP contribution in [0, 0.1) is 5.92 Å². The topological polar surface area (TPSA) is 54.5 Å². The first-order chi connectivity index (χ1) is 15.2. The van der Waals surface area contributed by atoms with Crippen LogP contribution in [0.1, 0.15) is 22.3 Å². The zero-order valence-electron chi connectivity index (χ0n) is 17.2. The number of amides is 1. The van der Waals surface area contributed by atoms with E-state index in [0.29, 0.717) is 24.6 Å². The van der Waals surface area contributed by atoms with Gasteiger partial charge in [0.2, 0.25) is 5.91 Å². The van der Waals surface area contributed by atoms with Crippen molar-refractivity contribution in [2.75, 3.05) is 18.1 Å². The molecule has 1 amide bonds. The third-order valence-corrected chi connectivity index (χ3v) is 6.27. The number of carbonyl (C=O) groups excluding carboxylic acids is 1. The summed E-state index contributed by atoms with van der Waals surface area (Å²) < 4.78 is 5.73. The summed E-state index contributed by atoms with van der Waals surface area (Å²) in [6.07, 6.45) is 3.52. The van der Waals surface area contributed by atoms with E-state index < -0.39 is 0 Å². The van der Waals surface area contributed by atoms with Crippen LogP contribution in [-0.2, 0) is 30.7 Å². The van der Waals surface area contributed by atoms with Gasteiger partial charge >= 0.3 is 0 Å². The van der Waals surface area contributed by atoms with E-state index in [2.05, 4.69) is 39.5 Å². The van der Waals surface area contributed by atoms with Crippen LogP contribution in [0.3, 0.4) is 0 Å². The minimum atomic E-state index is -0.216. The number of pyridine rings is 1. The van der Waals surface area contributed by atoms with E-state index in [4.69, 9.17) is 16.3 Å². The molecule has 158 valence electrons. The molecule has 0 fully saturated rings. The van der Waals surface area contributed by atoms with Gasteiger partial charge in [-0.15, -0.1) is 0 Å². The lowest BCUT2D eigenvalue weighted by Crippen LogP contribution is -2.37. The van der Waals surface area contributed by atoms with Crippen molar-refractivity contribution in [2.45, 2.75) is 25.9 Å². The summed E-state index contributed by atoms with van der Waals surface area (Å²) in [6, 6.07) is 18.2. The maximum Gasteiger partial charge on any atom is 0.227 e. The van der Waals surface area contributed by atoms with Crippen LogP contribution in [0.4, 0.5) is 5.82 Å². The van der Waals surface area contributed by atoms with E-state index in [0.717, 1.165) is 42.2 Å². The van der Waals surface area contributed by atoms with Crippen LogP contribution in [0.25, 0.3) is 0 Å². The van der Waals surface area contributed by atoms with Gasteiger partial charge in [0.25, 0.3) is 0 Å². The SMILES string of the molecule is O=C(NCc1ccc(N2CCc3ccccc3C2)nc1)C1COc2ccc(Cl)cc2C1. The number of hydrogen-bond donors (Lipinski definition) is 1. The highest BCUT2D eigenvalue weighted by Crippen LogP contribution is 2.30. The number of benzene rings is 2. The fraction of sp³-hybridized carbons (Fsp3) is 0.280. The van der Waals surface area contributed by atoms with E-state index in [1.54, 1.807) is 6.07 Å². The Labute approximate surface area is 187 Å². The Morgan fingerprint density at radius 3 is 2.84 bits per heavy atom. The van der Waals surface area contributed by atoms with Crippen molar-refractivity contribution in [2.24, 2.45) is 5.92 Å². The lowest BCUT2D eigenvalue weighted by atomic mass is 9.96. The van der Waals surface area contributed by atoms with Crippen molar-refractivity contribution in [3.8, 4) is 5.75 Å². The van der Waals surface area contributed by atoms with E-state index in [9.17, 15) is 4.79 Å². The normalized spacial score (nSPS) is 17.3. The molecule has 5 rings (SSSR count). The largest absolute Gasteiger partial charge is 0.492 e. The highest BCUT2D eigenvalue weighted by atomic mass is 35.5. The second-order valence-electron chi connectivity index (χ2n) is 8.15. The molecule has 3 aromatic rings. The molecule has 0 saturated carbocycles. The molecule has 0 radical (unpaired) electrons. The Bertz CT molecular complexity index is 1100. The molecule has 0 aliphatic carbocycles. The lowest BCUT2D eigenvalue weighted by molar-refractivity contribution is -0.126. The Morgan fingerprint density at radius 2 is 2.00 bits per heavy atom. The molecule has 2 aliphatic rings. The van der Waals surface area contributed by atoms with Gasteiger partial charge in [-0.25, -0.2) is 4.98 Å². The molecule has 31 heavy (non-hydrogen) atoms. The quantitative estimate of drug-likeness (QED) is 0.671. The Morgan fingerprint density at radius 1 is 1.13 bits per heavy atom. The number of ether oxygens (including phenoxy) is 1. The number of fused-ring (bicyclic) bond motifs is 2. The van der Waals surface area contributed by atoms with Crippen LogP contribution in [0.2, 0.25) is 5.02 Å². The minimum absolute atomic E-state index is 0.0117. The van der Waals surface area contributed by atoms with E-state index >= 15 is 0 Å². The summed E-state index contributed by atoms with van der Waals surface area (Å²) >= 11 is 6.07. The van der Waals surface area contributed by atoms with Crippen molar-refractivity contribution in [1.82, 2.24) is 10.3 Å². The summed E-state index contributed by atoms with van der Waals surface area (Å²) in [7, 11) is 0. The fourth-order valence-electron chi connectivity index (χ4n) is 4.26. The van der Waals surface area contributed by atoms with Crippen molar-refractivity contribution in [3.05, 3.63) is 88.1 Å². The molecule has 6 heteroatoms. The number of aromatic nitrogens is 1. The first kappa shape index (κ1) is 19.9. The molecule has 1 unspecified atom stereocenters. The molecule has 2 aliphatic heterocycles. The predicted octanol–water partition coefficient (Wildman–Crippen LogP) is 4.17. The molecule has 1 atom stereocenters. The van der Waals surface area contributed by atoms with Crippen molar-refractivity contribution in [3.63, 3.8) is 0 Å². The van der Waals surface area contributed by atoms with Gasteiger partial charge in [-0.2, -0.15) is 0 Å². The van der Waals surface area contributed by atoms with E-state index in [1.807, 2.05) is 30.5 Å². The average Bonchev–Trinajstić information content (AvgIpc) is 2.82. The van der Waals surface area contributed by atoms with Crippen LogP contribution < -0.4 is 15.0 Å². The number of halogens is 1. The smallest absolute Gasteiger partial charge is 0.227 e. The van der Waals surface area contributed by atoms with Crippen LogP contribution in [-0.4, -0.2) is 24.0 Å². The monoisotopic (exact) mass is 433 g/mol. The number of nitrogens with zero attached hydrogens (tertiary/aromatic N) is 2. The van der Waals surface area contributed by atoms with Crippen LogP contribution in [0.15, 0.2) is 60.8 Å². The van der Waals surface area contributed by atoms with Gasteiger partial charge < -0.3 is 15.0 Å². The number of rotatable bonds is 4. The Hall–Kier alpha value is -3.05. The molecule has 0 bridgehead atoms. The molecule has 3 heterocycles. The van der Waals surface area contributed by atoms with E-state index in [1.165, 1.54) is 11.1 Å². The number of anilines is 1. The molecular formula is C25H24ClN3O2. The van der Waals surface area contributed by atoms with Crippen molar-refractivity contribution < 1.29 is 9.53 Å². The van der Waals surface area contributed by atoms with Gasteiger partial charge in [0.05, 0.1) is 5.92 Å². The van der Waals surface area contributed by atoms with Gasteiger partial charge in [0, 0.05) is 30.9 Å². The zero-order chi connectivity index (χ0) is 21.2. The fourth-order valence-corrected chi connectivity index (χ4v) is 4.46. The molecular weight excluding hydrogens is 410 g/mol. The first-order valence-electron chi connectivity index (χ1n) is 10.6. The predicted molar refractivity (Wildman–Crippen MR) is 121 cm³/mol. The van der Waals surface area contributed by atoms with Gasteiger partial charge in [0.1, 0.15) is 18.2 Å². The summed E-state index contributed by atoms with van der Waals surface area (Å²) in [5.41, 5.74) is 4.75. The van der Waals surface area contributed by atoms with Crippen molar-refractivity contribution >= 4 is 23.3 Å². The van der Waals surface area contributed by atoms with Gasteiger partial charge in [-0.1, -0.05) is 41.9 Å². The Kier molecular flexibility index (Phi) is 5.51. The third kappa shape index (κ3) is 4.37. The lowest BCUT2D eigenvalue weighted by Gasteiger charge is -2.29. The van der Waals surface area contributed by atoms with Gasteiger partial charge in [-0.3, -0.25) is 4.79 Å². The molecule has 5 nitrogen and oxygen atoms in total. The molecule has 1 N–H and O–H groups in total. The first-order valence-corrected chi connectivity index (χ1v) is 11.0. The summed E-state index contributed by atoms with van der Waals surface area (Å²) in [4.78, 5) is 19.6. The highest BCUT2D eigenvalue weighted by molar-refractivity contribution is 6.30. The number of hydrogen-bond acceptors (Lipinski definition) is 4. The highest BCUT2D eigenvalue weighted by Gasteiger charge is 2.26. The Balaban J connectivity index is 1.17. The third-order valence-electron chi connectivity index (χ3n) is 6.03. The molecule has 0 spiro atoms. The zero-order valence-corrected chi connectivity index (χ0v) is 17.9. The minimum Gasteiger partial charge on any atom is -0.492 e. The van der Waals surface area contributed by atoms with E-state index in [-0.39, 0.29) is 11.8 Å². The molecule has 0 saturated heterocycles. The summed E-state index contributed by atoms with van der Waals surface area (Å²) in [6.45, 7) is 2.68. The average molecular weight is 434 g/mol.